The Morgan fingerprint density at radius 1 is 0.328 bits per heavy atom. The number of hydrogen-bond donors (Lipinski definition) is 0. The molecule has 0 fully saturated rings. The summed E-state index contributed by atoms with van der Waals surface area (Å²) < 4.78 is 16.8. The summed E-state index contributed by atoms with van der Waals surface area (Å²) in [4.78, 5) is 38.0. The standard InChI is InChI=1S/C58H98O6/c1-4-7-10-13-16-19-22-25-27-28-29-31-33-36-39-42-45-48-51-57(60)63-54-55(53-62-56(59)50-47-44-41-38-35-32-24-21-18-15-12-9-6-3)64-58(61)52-49-46-43-40-37-34-30-26-23-20-17-14-11-8-5-2/h8-9,11-12,14-15,17-18,20-21,23-24,29,31,55H,4-7,10,13,16,19,22,25-28,30,32-54H2,1-3H3/b11-8-,12-9-,17-14-,18-15-,23-20-,24-21-,31-29-. The molecule has 0 aromatic carbocycles. The Kier molecular flexibility index (Phi) is 49.4. The van der Waals surface area contributed by atoms with Gasteiger partial charge in [0.2, 0.25) is 0 Å². The molecule has 0 radical (unpaired) electrons. The van der Waals surface area contributed by atoms with Crippen molar-refractivity contribution in [3.63, 3.8) is 0 Å². The van der Waals surface area contributed by atoms with Crippen LogP contribution in [0.5, 0.6) is 0 Å². The van der Waals surface area contributed by atoms with E-state index in [1.807, 2.05) is 0 Å². The first kappa shape index (κ1) is 60.6. The van der Waals surface area contributed by atoms with Gasteiger partial charge in [-0.15, -0.1) is 0 Å². The van der Waals surface area contributed by atoms with Crippen LogP contribution in [0.1, 0.15) is 245 Å². The highest BCUT2D eigenvalue weighted by Crippen LogP contribution is 2.15. The van der Waals surface area contributed by atoms with Crippen LogP contribution >= 0.6 is 0 Å². The Bertz CT molecular complexity index is 1250. The van der Waals surface area contributed by atoms with Gasteiger partial charge in [-0.2, -0.15) is 0 Å². The van der Waals surface area contributed by atoms with Crippen molar-refractivity contribution in [1.82, 2.24) is 0 Å². The van der Waals surface area contributed by atoms with Crippen molar-refractivity contribution in [2.24, 2.45) is 0 Å². The molecule has 1 atom stereocenters. The second kappa shape index (κ2) is 52.2. The van der Waals surface area contributed by atoms with Crippen LogP contribution in [-0.4, -0.2) is 37.2 Å². The topological polar surface area (TPSA) is 78.9 Å². The van der Waals surface area contributed by atoms with Gasteiger partial charge >= 0.3 is 17.9 Å². The molecule has 0 saturated carbocycles. The third-order valence-electron chi connectivity index (χ3n) is 11.2. The molecule has 0 heterocycles. The first-order valence-electron chi connectivity index (χ1n) is 26.7. The van der Waals surface area contributed by atoms with Crippen LogP contribution in [0.3, 0.4) is 0 Å². The zero-order valence-electron chi connectivity index (χ0n) is 41.8. The molecule has 0 N–H and O–H groups in total. The lowest BCUT2D eigenvalue weighted by atomic mass is 10.1. The fraction of sp³-hybridized carbons (Fsp3) is 0.707. The lowest BCUT2D eigenvalue weighted by molar-refractivity contribution is -0.167. The highest BCUT2D eigenvalue weighted by atomic mass is 16.6. The molecule has 6 heteroatoms. The minimum atomic E-state index is -0.795. The summed E-state index contributed by atoms with van der Waals surface area (Å²) in [6.45, 7) is 6.35. The molecule has 0 aliphatic rings. The molecule has 1 unspecified atom stereocenters. The predicted molar refractivity (Wildman–Crippen MR) is 274 cm³/mol. The molecular weight excluding hydrogens is 793 g/mol. The molecular formula is C58H98O6. The number of carbonyl (C=O) groups excluding carboxylic acids is 3. The lowest BCUT2D eigenvalue weighted by Crippen LogP contribution is -2.30. The molecule has 0 aliphatic carbocycles. The summed E-state index contributed by atoms with van der Waals surface area (Å²) in [5, 5.41) is 0. The third-order valence-corrected chi connectivity index (χ3v) is 11.2. The van der Waals surface area contributed by atoms with Crippen LogP contribution in [0.4, 0.5) is 0 Å². The van der Waals surface area contributed by atoms with Crippen molar-refractivity contribution in [2.45, 2.75) is 252 Å². The Morgan fingerprint density at radius 2 is 0.625 bits per heavy atom. The fourth-order valence-electron chi connectivity index (χ4n) is 7.26. The Labute approximate surface area is 395 Å². The van der Waals surface area contributed by atoms with Gasteiger partial charge in [0.15, 0.2) is 6.10 Å². The van der Waals surface area contributed by atoms with Crippen molar-refractivity contribution in [3.8, 4) is 0 Å². The van der Waals surface area contributed by atoms with Gasteiger partial charge in [-0.3, -0.25) is 14.4 Å². The number of rotatable bonds is 47. The van der Waals surface area contributed by atoms with Gasteiger partial charge in [0.25, 0.3) is 0 Å². The molecule has 0 aromatic rings. The van der Waals surface area contributed by atoms with Crippen LogP contribution in [0.25, 0.3) is 0 Å². The summed E-state index contributed by atoms with van der Waals surface area (Å²) in [6, 6.07) is 0. The number of ether oxygens (including phenoxy) is 3. The minimum absolute atomic E-state index is 0.0930. The first-order chi connectivity index (χ1) is 31.5. The van der Waals surface area contributed by atoms with E-state index in [1.54, 1.807) is 0 Å². The van der Waals surface area contributed by atoms with Crippen LogP contribution in [0.2, 0.25) is 0 Å². The van der Waals surface area contributed by atoms with E-state index in [0.29, 0.717) is 19.3 Å². The molecule has 0 aliphatic heterocycles. The molecule has 0 aromatic heterocycles. The van der Waals surface area contributed by atoms with Crippen LogP contribution in [0, 0.1) is 0 Å². The van der Waals surface area contributed by atoms with E-state index in [1.165, 1.54) is 103 Å². The Morgan fingerprint density at radius 3 is 0.984 bits per heavy atom. The van der Waals surface area contributed by atoms with Crippen molar-refractivity contribution in [3.05, 3.63) is 85.1 Å². The maximum Gasteiger partial charge on any atom is 0.306 e. The van der Waals surface area contributed by atoms with Crippen molar-refractivity contribution in [2.75, 3.05) is 13.2 Å². The van der Waals surface area contributed by atoms with Gasteiger partial charge in [0.1, 0.15) is 13.2 Å². The van der Waals surface area contributed by atoms with Crippen LogP contribution < -0.4 is 0 Å². The summed E-state index contributed by atoms with van der Waals surface area (Å²) in [6.07, 6.45) is 67.1. The Hall–Kier alpha value is -3.41. The van der Waals surface area contributed by atoms with E-state index >= 15 is 0 Å². The molecule has 0 spiro atoms. The quantitative estimate of drug-likeness (QED) is 0.0199. The van der Waals surface area contributed by atoms with E-state index in [0.717, 1.165) is 103 Å². The second-order valence-corrected chi connectivity index (χ2v) is 17.5. The molecule has 366 valence electrons. The smallest absolute Gasteiger partial charge is 0.306 e. The number of allylic oxidation sites excluding steroid dienone is 14. The van der Waals surface area contributed by atoms with Crippen LogP contribution in [0.15, 0.2) is 85.1 Å². The summed E-state index contributed by atoms with van der Waals surface area (Å²) in [5.41, 5.74) is 0. The van der Waals surface area contributed by atoms with Gasteiger partial charge in [-0.25, -0.2) is 0 Å². The number of unbranched alkanes of at least 4 members (excludes halogenated alkanes) is 26. The molecule has 0 bridgehead atoms. The monoisotopic (exact) mass is 891 g/mol. The fourth-order valence-corrected chi connectivity index (χ4v) is 7.26. The highest BCUT2D eigenvalue weighted by molar-refractivity contribution is 5.71. The predicted octanol–water partition coefficient (Wildman–Crippen LogP) is 17.6. The van der Waals surface area contributed by atoms with Crippen molar-refractivity contribution in [1.29, 1.82) is 0 Å². The normalized spacial score (nSPS) is 12.7. The maximum atomic E-state index is 12.8. The van der Waals surface area contributed by atoms with Crippen molar-refractivity contribution < 1.29 is 28.6 Å². The summed E-state index contributed by atoms with van der Waals surface area (Å²) in [7, 11) is 0. The van der Waals surface area contributed by atoms with Gasteiger partial charge in [0.05, 0.1) is 0 Å². The lowest BCUT2D eigenvalue weighted by Gasteiger charge is -2.18. The summed E-state index contributed by atoms with van der Waals surface area (Å²) >= 11 is 0. The highest BCUT2D eigenvalue weighted by Gasteiger charge is 2.19. The van der Waals surface area contributed by atoms with E-state index in [-0.39, 0.29) is 31.1 Å². The molecule has 64 heavy (non-hydrogen) atoms. The average Bonchev–Trinajstić information content (AvgIpc) is 3.29. The average molecular weight is 891 g/mol. The zero-order valence-corrected chi connectivity index (χ0v) is 41.8. The van der Waals surface area contributed by atoms with Crippen LogP contribution in [-0.2, 0) is 28.6 Å². The number of esters is 3. The second-order valence-electron chi connectivity index (χ2n) is 17.5. The summed E-state index contributed by atoms with van der Waals surface area (Å²) in [5.74, 6) is -0.933. The zero-order chi connectivity index (χ0) is 46.5. The van der Waals surface area contributed by atoms with E-state index in [4.69, 9.17) is 14.2 Å². The van der Waals surface area contributed by atoms with Gasteiger partial charge in [-0.05, 0) is 83.5 Å². The van der Waals surface area contributed by atoms with Crippen molar-refractivity contribution >= 4 is 17.9 Å². The maximum absolute atomic E-state index is 12.8. The van der Waals surface area contributed by atoms with E-state index in [2.05, 4.69) is 106 Å². The molecule has 0 amide bonds. The molecule has 0 rings (SSSR count). The Balaban J connectivity index is 4.42. The SMILES string of the molecule is CC\C=C/C=C\C=C/CCCCCCCCCC(=O)OC(COC(=O)CCCCCCC\C=C/C=C\C=C/CC)COC(=O)CCCCCCC/C=C\CCCCCCCCCCC. The van der Waals surface area contributed by atoms with Gasteiger partial charge in [0, 0.05) is 19.3 Å². The minimum Gasteiger partial charge on any atom is -0.462 e. The van der Waals surface area contributed by atoms with Gasteiger partial charge < -0.3 is 14.2 Å². The van der Waals surface area contributed by atoms with E-state index in [9.17, 15) is 14.4 Å². The number of carbonyl (C=O) groups is 3. The molecule has 0 saturated heterocycles. The first-order valence-corrected chi connectivity index (χ1v) is 26.7. The largest absolute Gasteiger partial charge is 0.462 e. The van der Waals surface area contributed by atoms with Gasteiger partial charge in [-0.1, -0.05) is 228 Å². The molecule has 6 nitrogen and oxygen atoms in total. The third kappa shape index (κ3) is 49.6. The number of hydrogen-bond acceptors (Lipinski definition) is 6. The van der Waals surface area contributed by atoms with E-state index < -0.39 is 6.10 Å².